The van der Waals surface area contributed by atoms with E-state index in [0.717, 1.165) is 36.0 Å². The van der Waals surface area contributed by atoms with Crippen LogP contribution in [0.25, 0.3) is 22.2 Å². The number of halogens is 1. The van der Waals surface area contributed by atoms with Gasteiger partial charge in [-0.2, -0.15) is 0 Å². The molecule has 0 unspecified atom stereocenters. The molecule has 5 heteroatoms. The highest BCUT2D eigenvalue weighted by Crippen LogP contribution is 2.28. The number of rotatable bonds is 1. The highest BCUT2D eigenvalue weighted by Gasteiger charge is 2.11. The Hall–Kier alpha value is -2.17. The van der Waals surface area contributed by atoms with Crippen molar-refractivity contribution in [1.82, 2.24) is 15.3 Å². The van der Waals surface area contributed by atoms with E-state index >= 15 is 0 Å². The smallest absolute Gasteiger partial charge is 0.249 e. The highest BCUT2D eigenvalue weighted by molar-refractivity contribution is 5.92. The average Bonchev–Trinajstić information content (AvgIpc) is 2.53. The molecule has 0 saturated carbocycles. The Morgan fingerprint density at radius 3 is 2.86 bits per heavy atom. The number of fused-ring (bicyclic) bond motifs is 2. The molecule has 4 rings (SSSR count). The fourth-order valence-corrected chi connectivity index (χ4v) is 2.96. The van der Waals surface area contributed by atoms with E-state index in [9.17, 15) is 4.79 Å². The summed E-state index contributed by atoms with van der Waals surface area (Å²) < 4.78 is 0. The van der Waals surface area contributed by atoms with Crippen molar-refractivity contribution in [3.63, 3.8) is 0 Å². The number of nitrogens with zero attached hydrogens (tertiary/aromatic N) is 1. The van der Waals surface area contributed by atoms with E-state index in [1.165, 1.54) is 11.1 Å². The minimum atomic E-state index is -0.123. The third-order valence-corrected chi connectivity index (χ3v) is 4.04. The van der Waals surface area contributed by atoms with Crippen LogP contribution in [0, 0.1) is 0 Å². The average molecular weight is 314 g/mol. The van der Waals surface area contributed by atoms with Crippen LogP contribution in [0.15, 0.2) is 47.4 Å². The molecule has 0 atom stereocenters. The predicted molar refractivity (Wildman–Crippen MR) is 90.5 cm³/mol. The first-order valence-electron chi connectivity index (χ1n) is 7.12. The number of aromatic amines is 1. The molecule has 22 heavy (non-hydrogen) atoms. The first kappa shape index (κ1) is 14.8. The summed E-state index contributed by atoms with van der Waals surface area (Å²) in [5, 5.41) is 4.38. The van der Waals surface area contributed by atoms with Gasteiger partial charge < -0.3 is 10.3 Å². The van der Waals surface area contributed by atoms with Gasteiger partial charge in [-0.15, -0.1) is 12.4 Å². The number of pyridine rings is 2. The molecule has 1 aliphatic rings. The van der Waals surface area contributed by atoms with Crippen LogP contribution in [-0.4, -0.2) is 16.5 Å². The standard InChI is InChI=1S/C17H15N3O.ClH/c21-16-4-3-15-14(6-8-19-17(15)20-16)12-2-1-11-5-7-18-10-13(11)9-12;/h1-4,6,8-9,18H,5,7,10H2,(H,19,20,21);1H. The summed E-state index contributed by atoms with van der Waals surface area (Å²) in [6.45, 7) is 1.97. The topological polar surface area (TPSA) is 57.8 Å². The molecule has 0 aliphatic carbocycles. The van der Waals surface area contributed by atoms with E-state index in [1.54, 1.807) is 12.3 Å². The Kier molecular flexibility index (Phi) is 3.96. The minimum Gasteiger partial charge on any atom is -0.312 e. The fourth-order valence-electron chi connectivity index (χ4n) is 2.96. The van der Waals surface area contributed by atoms with Gasteiger partial charge in [0.2, 0.25) is 5.56 Å². The van der Waals surface area contributed by atoms with E-state index in [4.69, 9.17) is 0 Å². The van der Waals surface area contributed by atoms with E-state index in [-0.39, 0.29) is 18.0 Å². The fraction of sp³-hybridized carbons (Fsp3) is 0.176. The molecule has 112 valence electrons. The Labute approximate surface area is 134 Å². The zero-order chi connectivity index (χ0) is 14.2. The zero-order valence-corrected chi connectivity index (χ0v) is 12.7. The normalized spacial score (nSPS) is 13.5. The van der Waals surface area contributed by atoms with Gasteiger partial charge in [-0.25, -0.2) is 4.98 Å². The van der Waals surface area contributed by atoms with Crippen LogP contribution in [0.4, 0.5) is 0 Å². The second-order valence-corrected chi connectivity index (χ2v) is 5.35. The van der Waals surface area contributed by atoms with Crippen LogP contribution >= 0.6 is 12.4 Å². The van der Waals surface area contributed by atoms with Crippen LogP contribution in [0.5, 0.6) is 0 Å². The summed E-state index contributed by atoms with van der Waals surface area (Å²) in [4.78, 5) is 18.4. The second-order valence-electron chi connectivity index (χ2n) is 5.35. The maximum atomic E-state index is 11.4. The molecule has 3 heterocycles. The van der Waals surface area contributed by atoms with E-state index in [2.05, 4.69) is 33.5 Å². The van der Waals surface area contributed by atoms with Crippen molar-refractivity contribution in [2.24, 2.45) is 0 Å². The molecule has 2 aromatic heterocycles. The molecule has 0 bridgehead atoms. The van der Waals surface area contributed by atoms with Crippen LogP contribution in [0.3, 0.4) is 0 Å². The Balaban J connectivity index is 0.00000144. The van der Waals surface area contributed by atoms with Crippen LogP contribution in [-0.2, 0) is 13.0 Å². The summed E-state index contributed by atoms with van der Waals surface area (Å²) in [6, 6.07) is 12.0. The van der Waals surface area contributed by atoms with E-state index < -0.39 is 0 Å². The maximum absolute atomic E-state index is 11.4. The first-order chi connectivity index (χ1) is 10.3. The van der Waals surface area contributed by atoms with Crippen molar-refractivity contribution in [1.29, 1.82) is 0 Å². The first-order valence-corrected chi connectivity index (χ1v) is 7.12. The van der Waals surface area contributed by atoms with Crippen LogP contribution in [0.2, 0.25) is 0 Å². The largest absolute Gasteiger partial charge is 0.312 e. The van der Waals surface area contributed by atoms with Crippen molar-refractivity contribution >= 4 is 23.4 Å². The molecule has 0 fully saturated rings. The lowest BCUT2D eigenvalue weighted by atomic mass is 9.95. The van der Waals surface area contributed by atoms with Gasteiger partial charge in [-0.05, 0) is 53.4 Å². The van der Waals surface area contributed by atoms with E-state index in [1.807, 2.05) is 12.1 Å². The van der Waals surface area contributed by atoms with Crippen LogP contribution < -0.4 is 10.9 Å². The third kappa shape index (κ3) is 2.51. The van der Waals surface area contributed by atoms with Crippen molar-refractivity contribution < 1.29 is 0 Å². The van der Waals surface area contributed by atoms with Gasteiger partial charge in [0.05, 0.1) is 0 Å². The number of hydrogen-bond acceptors (Lipinski definition) is 3. The molecule has 1 aromatic carbocycles. The van der Waals surface area contributed by atoms with Crippen LogP contribution in [0.1, 0.15) is 11.1 Å². The van der Waals surface area contributed by atoms with Crippen molar-refractivity contribution in [3.05, 3.63) is 64.1 Å². The van der Waals surface area contributed by atoms with Crippen molar-refractivity contribution in [2.45, 2.75) is 13.0 Å². The lowest BCUT2D eigenvalue weighted by Crippen LogP contribution is -2.23. The van der Waals surface area contributed by atoms with E-state index in [0.29, 0.717) is 5.65 Å². The number of benzene rings is 1. The summed E-state index contributed by atoms with van der Waals surface area (Å²) in [5.41, 5.74) is 5.55. The van der Waals surface area contributed by atoms with Gasteiger partial charge in [-0.1, -0.05) is 12.1 Å². The Morgan fingerprint density at radius 1 is 1.05 bits per heavy atom. The van der Waals surface area contributed by atoms with Gasteiger partial charge in [0, 0.05) is 24.2 Å². The summed E-state index contributed by atoms with van der Waals surface area (Å²) in [6.07, 6.45) is 2.82. The zero-order valence-electron chi connectivity index (χ0n) is 11.9. The molecule has 1 aliphatic heterocycles. The molecule has 0 spiro atoms. The molecule has 0 amide bonds. The SMILES string of the molecule is Cl.O=c1ccc2c(-c3ccc4c(c3)CNCC4)ccnc2[nH]1. The lowest BCUT2D eigenvalue weighted by molar-refractivity contribution is 0.644. The van der Waals surface area contributed by atoms with Gasteiger partial charge in [0.25, 0.3) is 0 Å². The summed E-state index contributed by atoms with van der Waals surface area (Å²) in [7, 11) is 0. The highest BCUT2D eigenvalue weighted by atomic mass is 35.5. The maximum Gasteiger partial charge on any atom is 0.249 e. The molecule has 4 nitrogen and oxygen atoms in total. The number of aromatic nitrogens is 2. The minimum absolute atomic E-state index is 0. The number of nitrogens with one attached hydrogen (secondary N) is 2. The van der Waals surface area contributed by atoms with Gasteiger partial charge >= 0.3 is 0 Å². The molecular weight excluding hydrogens is 298 g/mol. The summed E-state index contributed by atoms with van der Waals surface area (Å²) in [5.74, 6) is 0. The quantitative estimate of drug-likeness (QED) is 0.726. The molecule has 0 saturated heterocycles. The van der Waals surface area contributed by atoms with Gasteiger partial charge in [-0.3, -0.25) is 4.79 Å². The molecule has 0 radical (unpaired) electrons. The lowest BCUT2D eigenvalue weighted by Gasteiger charge is -2.18. The second kappa shape index (κ2) is 5.91. The Morgan fingerprint density at radius 2 is 1.95 bits per heavy atom. The molecule has 2 N–H and O–H groups in total. The summed E-state index contributed by atoms with van der Waals surface area (Å²) >= 11 is 0. The third-order valence-electron chi connectivity index (χ3n) is 4.04. The van der Waals surface area contributed by atoms with Crippen molar-refractivity contribution in [2.75, 3.05) is 6.54 Å². The van der Waals surface area contributed by atoms with Gasteiger partial charge in [0.1, 0.15) is 5.65 Å². The monoisotopic (exact) mass is 313 g/mol. The predicted octanol–water partition coefficient (Wildman–Crippen LogP) is 2.66. The Bertz CT molecular complexity index is 888. The number of H-pyrrole nitrogens is 1. The van der Waals surface area contributed by atoms with Gasteiger partial charge in [0.15, 0.2) is 0 Å². The van der Waals surface area contributed by atoms with Crippen molar-refractivity contribution in [3.8, 4) is 11.1 Å². The number of hydrogen-bond donors (Lipinski definition) is 2. The molecular formula is C17H16ClN3O. The molecule has 3 aromatic rings.